The Morgan fingerprint density at radius 1 is 1.00 bits per heavy atom. The normalized spacial score (nSPS) is 10.4. The predicted octanol–water partition coefficient (Wildman–Crippen LogP) is 5.12. The highest BCUT2D eigenvalue weighted by atomic mass is 35.5. The van der Waals surface area contributed by atoms with Crippen LogP contribution >= 0.6 is 11.6 Å². The van der Waals surface area contributed by atoms with E-state index in [2.05, 4.69) is 24.5 Å². The van der Waals surface area contributed by atoms with Crippen molar-refractivity contribution in [3.05, 3.63) is 47.0 Å². The number of carbonyl (C=O) groups excluding carboxylic acids is 1. The van der Waals surface area contributed by atoms with E-state index in [1.54, 1.807) is 12.1 Å². The first-order chi connectivity index (χ1) is 11.4. The van der Waals surface area contributed by atoms with Crippen LogP contribution in [0.15, 0.2) is 36.4 Å². The SMILES string of the molecule is COc1cc(NC(=O)Nc2ccc(C(C)C)cc2)c(OC)cc1Cl. The summed E-state index contributed by atoms with van der Waals surface area (Å²) in [5.74, 6) is 1.35. The fourth-order valence-electron chi connectivity index (χ4n) is 2.19. The van der Waals surface area contributed by atoms with Gasteiger partial charge >= 0.3 is 6.03 Å². The van der Waals surface area contributed by atoms with E-state index in [1.807, 2.05) is 24.3 Å². The molecule has 0 spiro atoms. The molecule has 2 aromatic rings. The van der Waals surface area contributed by atoms with E-state index in [-0.39, 0.29) is 6.03 Å². The molecule has 0 aliphatic heterocycles. The Balaban J connectivity index is 2.11. The molecule has 0 unspecified atom stereocenters. The molecule has 0 fully saturated rings. The summed E-state index contributed by atoms with van der Waals surface area (Å²) in [4.78, 5) is 12.2. The summed E-state index contributed by atoms with van der Waals surface area (Å²) >= 11 is 6.05. The highest BCUT2D eigenvalue weighted by Crippen LogP contribution is 2.35. The van der Waals surface area contributed by atoms with Crippen molar-refractivity contribution >= 4 is 29.0 Å². The van der Waals surface area contributed by atoms with Crippen molar-refractivity contribution in [1.82, 2.24) is 0 Å². The number of halogens is 1. The Labute approximate surface area is 146 Å². The number of nitrogens with one attached hydrogen (secondary N) is 2. The van der Waals surface area contributed by atoms with Crippen LogP contribution in [-0.2, 0) is 0 Å². The van der Waals surface area contributed by atoms with Gasteiger partial charge < -0.3 is 20.1 Å². The molecule has 0 bridgehead atoms. The summed E-state index contributed by atoms with van der Waals surface area (Å²) in [5, 5.41) is 5.92. The van der Waals surface area contributed by atoms with Crippen molar-refractivity contribution in [2.75, 3.05) is 24.9 Å². The lowest BCUT2D eigenvalue weighted by Gasteiger charge is -2.14. The van der Waals surface area contributed by atoms with E-state index in [0.717, 1.165) is 0 Å². The molecule has 6 heteroatoms. The molecule has 2 N–H and O–H groups in total. The number of urea groups is 1. The summed E-state index contributed by atoms with van der Waals surface area (Å²) in [6.45, 7) is 4.24. The summed E-state index contributed by atoms with van der Waals surface area (Å²) in [5.41, 5.74) is 2.39. The molecule has 0 heterocycles. The molecule has 24 heavy (non-hydrogen) atoms. The van der Waals surface area contributed by atoms with Crippen LogP contribution in [0.1, 0.15) is 25.3 Å². The molecular weight excluding hydrogens is 328 g/mol. The van der Waals surface area contributed by atoms with Gasteiger partial charge in [0.15, 0.2) is 0 Å². The lowest BCUT2D eigenvalue weighted by Crippen LogP contribution is -2.19. The van der Waals surface area contributed by atoms with Crippen LogP contribution in [0.4, 0.5) is 16.2 Å². The number of hydrogen-bond acceptors (Lipinski definition) is 3. The Hall–Kier alpha value is -2.40. The second-order valence-electron chi connectivity index (χ2n) is 5.54. The number of amides is 2. The molecule has 0 radical (unpaired) electrons. The van der Waals surface area contributed by atoms with Crippen molar-refractivity contribution in [2.24, 2.45) is 0 Å². The van der Waals surface area contributed by atoms with Gasteiger partial charge in [-0.3, -0.25) is 0 Å². The lowest BCUT2D eigenvalue weighted by molar-refractivity contribution is 0.262. The van der Waals surface area contributed by atoms with Crippen LogP contribution in [-0.4, -0.2) is 20.3 Å². The van der Waals surface area contributed by atoms with Gasteiger partial charge in [0.05, 0.1) is 24.9 Å². The second-order valence-corrected chi connectivity index (χ2v) is 5.95. The first-order valence-corrected chi connectivity index (χ1v) is 7.92. The molecule has 2 amide bonds. The third-order valence-electron chi connectivity index (χ3n) is 3.56. The standard InChI is InChI=1S/C18H21ClN2O3/c1-11(2)12-5-7-13(8-6-12)20-18(22)21-15-10-16(23-3)14(19)9-17(15)24-4/h5-11H,1-4H3,(H2,20,21,22). The first kappa shape index (κ1) is 17.9. The Kier molecular flexibility index (Phi) is 5.93. The average Bonchev–Trinajstić information content (AvgIpc) is 2.56. The van der Waals surface area contributed by atoms with E-state index in [0.29, 0.717) is 33.8 Å². The van der Waals surface area contributed by atoms with Gasteiger partial charge in [0.25, 0.3) is 0 Å². The number of anilines is 2. The van der Waals surface area contributed by atoms with E-state index in [9.17, 15) is 4.79 Å². The molecule has 0 aromatic heterocycles. The number of methoxy groups -OCH3 is 2. The van der Waals surface area contributed by atoms with Crippen LogP contribution in [0.25, 0.3) is 0 Å². The minimum Gasteiger partial charge on any atom is -0.495 e. The maximum absolute atomic E-state index is 12.2. The molecule has 0 atom stereocenters. The zero-order valence-corrected chi connectivity index (χ0v) is 14.9. The zero-order valence-electron chi connectivity index (χ0n) is 14.1. The molecule has 0 saturated heterocycles. The van der Waals surface area contributed by atoms with Crippen molar-refractivity contribution < 1.29 is 14.3 Å². The van der Waals surface area contributed by atoms with Crippen molar-refractivity contribution in [2.45, 2.75) is 19.8 Å². The van der Waals surface area contributed by atoms with Crippen molar-refractivity contribution in [3.8, 4) is 11.5 Å². The third kappa shape index (κ3) is 4.32. The van der Waals surface area contributed by atoms with Gasteiger partial charge in [0, 0.05) is 17.8 Å². The average molecular weight is 349 g/mol. The van der Waals surface area contributed by atoms with Gasteiger partial charge in [0.1, 0.15) is 11.5 Å². The van der Waals surface area contributed by atoms with Gasteiger partial charge in [-0.25, -0.2) is 4.79 Å². The summed E-state index contributed by atoms with van der Waals surface area (Å²) in [6, 6.07) is 10.5. The van der Waals surface area contributed by atoms with E-state index in [1.165, 1.54) is 19.8 Å². The quantitative estimate of drug-likeness (QED) is 0.787. The lowest BCUT2D eigenvalue weighted by atomic mass is 10.0. The summed E-state index contributed by atoms with van der Waals surface area (Å²) in [7, 11) is 3.01. The van der Waals surface area contributed by atoms with Crippen LogP contribution < -0.4 is 20.1 Å². The van der Waals surface area contributed by atoms with Crippen LogP contribution in [0.5, 0.6) is 11.5 Å². The number of rotatable bonds is 5. The maximum atomic E-state index is 12.2. The number of ether oxygens (including phenoxy) is 2. The van der Waals surface area contributed by atoms with E-state index >= 15 is 0 Å². The molecule has 0 aliphatic rings. The highest BCUT2D eigenvalue weighted by molar-refractivity contribution is 6.32. The van der Waals surface area contributed by atoms with Crippen LogP contribution in [0.3, 0.4) is 0 Å². The molecular formula is C18H21ClN2O3. The van der Waals surface area contributed by atoms with Crippen molar-refractivity contribution in [1.29, 1.82) is 0 Å². The smallest absolute Gasteiger partial charge is 0.323 e. The largest absolute Gasteiger partial charge is 0.495 e. The Bertz CT molecular complexity index is 715. The molecule has 128 valence electrons. The number of hydrogen-bond donors (Lipinski definition) is 2. The first-order valence-electron chi connectivity index (χ1n) is 7.54. The third-order valence-corrected chi connectivity index (χ3v) is 3.85. The molecule has 2 aromatic carbocycles. The highest BCUT2D eigenvalue weighted by Gasteiger charge is 2.12. The van der Waals surface area contributed by atoms with E-state index < -0.39 is 0 Å². The number of benzene rings is 2. The maximum Gasteiger partial charge on any atom is 0.323 e. The van der Waals surface area contributed by atoms with Gasteiger partial charge in [-0.15, -0.1) is 0 Å². The Morgan fingerprint density at radius 3 is 2.17 bits per heavy atom. The van der Waals surface area contributed by atoms with Gasteiger partial charge in [-0.05, 0) is 23.6 Å². The van der Waals surface area contributed by atoms with Gasteiger partial charge in [-0.2, -0.15) is 0 Å². The minimum atomic E-state index is -0.380. The van der Waals surface area contributed by atoms with E-state index in [4.69, 9.17) is 21.1 Å². The number of carbonyl (C=O) groups is 1. The van der Waals surface area contributed by atoms with Crippen molar-refractivity contribution in [3.63, 3.8) is 0 Å². The zero-order chi connectivity index (χ0) is 17.7. The summed E-state index contributed by atoms with van der Waals surface area (Å²) < 4.78 is 10.4. The molecule has 2 rings (SSSR count). The molecule has 5 nitrogen and oxygen atoms in total. The fraction of sp³-hybridized carbons (Fsp3) is 0.278. The summed E-state index contributed by atoms with van der Waals surface area (Å²) in [6.07, 6.45) is 0. The Morgan fingerprint density at radius 2 is 1.62 bits per heavy atom. The molecule has 0 aliphatic carbocycles. The predicted molar refractivity (Wildman–Crippen MR) is 97.7 cm³/mol. The van der Waals surface area contributed by atoms with Gasteiger partial charge in [0.2, 0.25) is 0 Å². The topological polar surface area (TPSA) is 59.6 Å². The molecule has 0 saturated carbocycles. The second kappa shape index (κ2) is 7.93. The monoisotopic (exact) mass is 348 g/mol. The fourth-order valence-corrected chi connectivity index (χ4v) is 2.42. The van der Waals surface area contributed by atoms with Gasteiger partial charge in [-0.1, -0.05) is 37.6 Å². The van der Waals surface area contributed by atoms with Crippen LogP contribution in [0.2, 0.25) is 5.02 Å². The minimum absolute atomic E-state index is 0.380. The van der Waals surface area contributed by atoms with Crippen LogP contribution in [0, 0.1) is 0 Å².